The van der Waals surface area contributed by atoms with Gasteiger partial charge in [-0.2, -0.15) is 0 Å². The predicted octanol–water partition coefficient (Wildman–Crippen LogP) is 3.07. The van der Waals surface area contributed by atoms with E-state index in [2.05, 4.69) is 10.6 Å². The second-order valence-corrected chi connectivity index (χ2v) is 5.73. The van der Waals surface area contributed by atoms with Crippen molar-refractivity contribution < 1.29 is 14.3 Å². The van der Waals surface area contributed by atoms with E-state index in [1.165, 1.54) is 7.11 Å². The van der Waals surface area contributed by atoms with Crippen molar-refractivity contribution >= 4 is 23.2 Å². The molecule has 0 unspecified atom stereocenters. The molecule has 0 fully saturated rings. The molecule has 1 rings (SSSR count). The van der Waals surface area contributed by atoms with Gasteiger partial charge in [-0.05, 0) is 20.3 Å². The molecule has 1 amide bonds. The minimum atomic E-state index is -0.222. The maximum absolute atomic E-state index is 11.9. The Bertz CT molecular complexity index is 504. The number of methoxy groups -OCH3 is 2. The highest BCUT2D eigenvalue weighted by Gasteiger charge is 2.18. The summed E-state index contributed by atoms with van der Waals surface area (Å²) in [7, 11) is 3.08. The van der Waals surface area contributed by atoms with E-state index in [0.717, 1.165) is 6.42 Å². The maximum atomic E-state index is 11.9. The molecule has 0 atom stereocenters. The number of hydrogen-bond acceptors (Lipinski definition) is 4. The quantitative estimate of drug-likeness (QED) is 0.812. The van der Waals surface area contributed by atoms with Crippen LogP contribution in [0.25, 0.3) is 0 Å². The fourth-order valence-electron chi connectivity index (χ4n) is 1.68. The molecule has 1 aromatic carbocycles. The number of ether oxygens (including phenoxy) is 2. The molecule has 0 saturated carbocycles. The van der Waals surface area contributed by atoms with Crippen LogP contribution in [0.15, 0.2) is 12.1 Å². The summed E-state index contributed by atoms with van der Waals surface area (Å²) in [6.07, 6.45) is 0.858. The Morgan fingerprint density at radius 2 is 1.86 bits per heavy atom. The van der Waals surface area contributed by atoms with Gasteiger partial charge in [0.15, 0.2) is 0 Å². The number of amides is 1. The molecule has 6 heteroatoms. The van der Waals surface area contributed by atoms with Crippen molar-refractivity contribution in [3.8, 4) is 11.5 Å². The lowest BCUT2D eigenvalue weighted by molar-refractivity contribution is -0.121. The highest BCUT2D eigenvalue weighted by atomic mass is 35.5. The van der Waals surface area contributed by atoms with Gasteiger partial charge < -0.3 is 20.1 Å². The average Bonchev–Trinajstić information content (AvgIpc) is 2.45. The van der Waals surface area contributed by atoms with E-state index in [1.54, 1.807) is 19.2 Å². The number of hydrogen-bond donors (Lipinski definition) is 2. The van der Waals surface area contributed by atoms with E-state index in [0.29, 0.717) is 22.2 Å². The molecule has 118 valence electrons. The number of halogens is 1. The van der Waals surface area contributed by atoms with Gasteiger partial charge in [0.1, 0.15) is 11.5 Å². The number of carbonyl (C=O) groups excluding carboxylic acids is 1. The van der Waals surface area contributed by atoms with Gasteiger partial charge in [0.05, 0.1) is 31.5 Å². The van der Waals surface area contributed by atoms with E-state index in [1.807, 2.05) is 20.8 Å². The van der Waals surface area contributed by atoms with Crippen LogP contribution < -0.4 is 20.1 Å². The fraction of sp³-hybridized carbons (Fsp3) is 0.533. The van der Waals surface area contributed by atoms with Gasteiger partial charge in [-0.15, -0.1) is 0 Å². The van der Waals surface area contributed by atoms with Crippen LogP contribution in [0.2, 0.25) is 5.02 Å². The van der Waals surface area contributed by atoms with Crippen LogP contribution in [0, 0.1) is 0 Å². The molecule has 0 aliphatic carbocycles. The second kappa shape index (κ2) is 7.41. The first-order valence-electron chi connectivity index (χ1n) is 6.79. The zero-order valence-corrected chi connectivity index (χ0v) is 13.9. The van der Waals surface area contributed by atoms with Crippen molar-refractivity contribution in [3.05, 3.63) is 17.2 Å². The number of rotatable bonds is 7. The fourth-order valence-corrected chi connectivity index (χ4v) is 1.91. The Labute approximate surface area is 131 Å². The third-order valence-corrected chi connectivity index (χ3v) is 3.57. The van der Waals surface area contributed by atoms with Gasteiger partial charge in [0, 0.05) is 17.7 Å². The molecule has 0 saturated heterocycles. The molecule has 0 radical (unpaired) electrons. The highest BCUT2D eigenvalue weighted by Crippen LogP contribution is 2.35. The molecular weight excluding hydrogens is 292 g/mol. The first kappa shape index (κ1) is 17.4. The standard InChI is InChI=1S/C15H23ClN2O3/c1-6-15(2,3)18-14(19)9-17-11-8-12(20-4)10(16)7-13(11)21-5/h7-8,17H,6,9H2,1-5H3,(H,18,19). The van der Waals surface area contributed by atoms with Crippen LogP contribution in [-0.2, 0) is 4.79 Å². The first-order valence-corrected chi connectivity index (χ1v) is 7.17. The zero-order chi connectivity index (χ0) is 16.0. The zero-order valence-electron chi connectivity index (χ0n) is 13.2. The highest BCUT2D eigenvalue weighted by molar-refractivity contribution is 6.32. The number of anilines is 1. The number of nitrogens with one attached hydrogen (secondary N) is 2. The van der Waals surface area contributed by atoms with Crippen molar-refractivity contribution in [1.29, 1.82) is 0 Å². The van der Waals surface area contributed by atoms with E-state index < -0.39 is 0 Å². The SMILES string of the molecule is CCC(C)(C)NC(=O)CNc1cc(OC)c(Cl)cc1OC. The van der Waals surface area contributed by atoms with E-state index >= 15 is 0 Å². The Morgan fingerprint density at radius 1 is 1.24 bits per heavy atom. The van der Waals surface area contributed by atoms with Crippen molar-refractivity contribution in [3.63, 3.8) is 0 Å². The van der Waals surface area contributed by atoms with Crippen molar-refractivity contribution in [2.75, 3.05) is 26.1 Å². The van der Waals surface area contributed by atoms with Gasteiger partial charge in [-0.3, -0.25) is 4.79 Å². The molecule has 2 N–H and O–H groups in total. The molecule has 0 aliphatic heterocycles. The normalized spacial score (nSPS) is 11.0. The number of carbonyl (C=O) groups is 1. The largest absolute Gasteiger partial charge is 0.495 e. The Morgan fingerprint density at radius 3 is 2.38 bits per heavy atom. The minimum absolute atomic E-state index is 0.0854. The minimum Gasteiger partial charge on any atom is -0.495 e. The Hall–Kier alpha value is -1.62. The summed E-state index contributed by atoms with van der Waals surface area (Å²) < 4.78 is 10.4. The van der Waals surface area contributed by atoms with Crippen LogP contribution in [-0.4, -0.2) is 32.2 Å². The molecular formula is C15H23ClN2O3. The summed E-state index contributed by atoms with van der Waals surface area (Å²) in [5.41, 5.74) is 0.434. The lowest BCUT2D eigenvalue weighted by Crippen LogP contribution is -2.45. The summed E-state index contributed by atoms with van der Waals surface area (Å²) in [5.74, 6) is 0.996. The average molecular weight is 315 g/mol. The Balaban J connectivity index is 2.77. The van der Waals surface area contributed by atoms with Crippen LogP contribution in [0.4, 0.5) is 5.69 Å². The second-order valence-electron chi connectivity index (χ2n) is 5.33. The molecule has 0 spiro atoms. The lowest BCUT2D eigenvalue weighted by atomic mass is 10.0. The van der Waals surface area contributed by atoms with Gasteiger partial charge in [0.2, 0.25) is 5.91 Å². The molecule has 0 aliphatic rings. The summed E-state index contributed by atoms with van der Waals surface area (Å²) >= 11 is 6.04. The lowest BCUT2D eigenvalue weighted by Gasteiger charge is -2.24. The van der Waals surface area contributed by atoms with E-state index in [9.17, 15) is 4.79 Å². The third kappa shape index (κ3) is 5.01. The van der Waals surface area contributed by atoms with Crippen LogP contribution in [0.1, 0.15) is 27.2 Å². The van der Waals surface area contributed by atoms with Crippen molar-refractivity contribution in [2.45, 2.75) is 32.7 Å². The summed E-state index contributed by atoms with van der Waals surface area (Å²) in [6.45, 7) is 6.14. The van der Waals surface area contributed by atoms with Crippen LogP contribution in [0.5, 0.6) is 11.5 Å². The van der Waals surface area contributed by atoms with Crippen molar-refractivity contribution in [1.82, 2.24) is 5.32 Å². The van der Waals surface area contributed by atoms with Crippen molar-refractivity contribution in [2.24, 2.45) is 0 Å². The topological polar surface area (TPSA) is 59.6 Å². The van der Waals surface area contributed by atoms with Gasteiger partial charge >= 0.3 is 0 Å². The monoisotopic (exact) mass is 314 g/mol. The van der Waals surface area contributed by atoms with Gasteiger partial charge in [0.25, 0.3) is 0 Å². The maximum Gasteiger partial charge on any atom is 0.239 e. The third-order valence-electron chi connectivity index (χ3n) is 3.28. The van der Waals surface area contributed by atoms with Gasteiger partial charge in [-0.1, -0.05) is 18.5 Å². The smallest absolute Gasteiger partial charge is 0.239 e. The summed E-state index contributed by atoms with van der Waals surface area (Å²) in [5, 5.41) is 6.45. The van der Waals surface area contributed by atoms with Gasteiger partial charge in [-0.25, -0.2) is 0 Å². The first-order chi connectivity index (χ1) is 9.82. The Kier molecular flexibility index (Phi) is 6.15. The molecule has 0 heterocycles. The molecule has 21 heavy (non-hydrogen) atoms. The van der Waals surface area contributed by atoms with Crippen LogP contribution in [0.3, 0.4) is 0 Å². The summed E-state index contributed by atoms with van der Waals surface area (Å²) in [4.78, 5) is 11.9. The molecule has 0 bridgehead atoms. The van der Waals surface area contributed by atoms with E-state index in [4.69, 9.17) is 21.1 Å². The van der Waals surface area contributed by atoms with Crippen LogP contribution >= 0.6 is 11.6 Å². The summed E-state index contributed by atoms with van der Waals surface area (Å²) in [6, 6.07) is 3.36. The molecule has 0 aromatic heterocycles. The molecule has 1 aromatic rings. The van der Waals surface area contributed by atoms with E-state index in [-0.39, 0.29) is 18.0 Å². The number of benzene rings is 1. The predicted molar refractivity (Wildman–Crippen MR) is 85.6 cm³/mol. The molecule has 5 nitrogen and oxygen atoms in total.